The normalized spacial score (nSPS) is 15.8. The summed E-state index contributed by atoms with van der Waals surface area (Å²) in [6, 6.07) is 14.0. The maximum absolute atomic E-state index is 14.4. The number of amides is 3. The SMILES string of the molecule is CC(C)(C)OC(=O)N[C@@H](CC(=O)NC1Cc2ncccc2N(Cc2ccc(S(C)(=O)=O)cc2)C1=O)Cc1ccccc1F. The molecular weight excluding hydrogens is 575 g/mol. The topological polar surface area (TPSA) is 135 Å². The molecule has 1 aliphatic heterocycles. The second-order valence-corrected chi connectivity index (χ2v) is 13.5. The Hall–Kier alpha value is -4.32. The summed E-state index contributed by atoms with van der Waals surface area (Å²) in [7, 11) is -3.38. The number of rotatable bonds is 9. The Balaban J connectivity index is 1.51. The Bertz CT molecular complexity index is 1600. The van der Waals surface area contributed by atoms with E-state index in [-0.39, 0.29) is 36.6 Å². The van der Waals surface area contributed by atoms with Gasteiger partial charge in [0.25, 0.3) is 0 Å². The van der Waals surface area contributed by atoms with E-state index in [1.165, 1.54) is 23.1 Å². The van der Waals surface area contributed by atoms with Gasteiger partial charge in [-0.2, -0.15) is 0 Å². The molecule has 0 aliphatic carbocycles. The molecule has 4 rings (SSSR count). The Morgan fingerprint density at radius 2 is 1.79 bits per heavy atom. The Morgan fingerprint density at radius 3 is 2.44 bits per heavy atom. The molecule has 2 N–H and O–H groups in total. The van der Waals surface area contributed by atoms with E-state index in [2.05, 4.69) is 15.6 Å². The van der Waals surface area contributed by atoms with Gasteiger partial charge in [-0.05, 0) is 68.7 Å². The lowest BCUT2D eigenvalue weighted by Crippen LogP contribution is -2.54. The van der Waals surface area contributed by atoms with Crippen LogP contribution < -0.4 is 15.5 Å². The second kappa shape index (κ2) is 12.9. The molecule has 1 aromatic heterocycles. The summed E-state index contributed by atoms with van der Waals surface area (Å²) in [5.41, 5.74) is 1.42. The standard InChI is InChI=1S/C31H35FN4O6S/c1-31(2,3)42-30(39)34-22(16-21-8-5-6-9-24(21)32)17-28(37)35-26-18-25-27(10-7-15-33-25)36(29(26)38)19-20-11-13-23(14-12-20)43(4,40)41/h5-15,22,26H,16-19H2,1-4H3,(H,34,39)(H,35,37)/t22-,26?/m1/s1. The first-order valence-corrected chi connectivity index (χ1v) is 15.7. The van der Waals surface area contributed by atoms with E-state index in [9.17, 15) is 27.2 Å². The molecule has 2 aromatic carbocycles. The fourth-order valence-electron chi connectivity index (χ4n) is 4.78. The van der Waals surface area contributed by atoms with Crippen LogP contribution in [0.15, 0.2) is 71.8 Å². The minimum atomic E-state index is -3.38. The van der Waals surface area contributed by atoms with E-state index < -0.39 is 45.3 Å². The van der Waals surface area contributed by atoms with E-state index in [1.54, 1.807) is 69.4 Å². The van der Waals surface area contributed by atoms with Crippen LogP contribution in [0, 0.1) is 5.82 Å². The predicted molar refractivity (Wildman–Crippen MR) is 158 cm³/mol. The van der Waals surface area contributed by atoms with E-state index in [0.717, 1.165) is 6.26 Å². The average Bonchev–Trinajstić information content (AvgIpc) is 2.91. The van der Waals surface area contributed by atoms with Crippen LogP contribution in [0.4, 0.5) is 14.9 Å². The first-order valence-electron chi connectivity index (χ1n) is 13.8. The van der Waals surface area contributed by atoms with Crippen molar-refractivity contribution in [3.8, 4) is 0 Å². The second-order valence-electron chi connectivity index (χ2n) is 11.5. The molecule has 0 bridgehead atoms. The van der Waals surface area contributed by atoms with Gasteiger partial charge in [-0.25, -0.2) is 17.6 Å². The Kier molecular flexibility index (Phi) is 9.49. The Morgan fingerprint density at radius 1 is 1.09 bits per heavy atom. The fraction of sp³-hybridized carbons (Fsp3) is 0.355. The van der Waals surface area contributed by atoms with Crippen molar-refractivity contribution in [2.75, 3.05) is 11.2 Å². The molecule has 2 heterocycles. The van der Waals surface area contributed by atoms with Crippen LogP contribution in [0.25, 0.3) is 0 Å². The molecule has 2 atom stereocenters. The highest BCUT2D eigenvalue weighted by Crippen LogP contribution is 2.28. The number of ether oxygens (including phenoxy) is 1. The molecule has 0 spiro atoms. The largest absolute Gasteiger partial charge is 0.444 e. The van der Waals surface area contributed by atoms with Gasteiger partial charge in [0.05, 0.1) is 22.8 Å². The van der Waals surface area contributed by atoms with Crippen molar-refractivity contribution in [2.45, 2.75) is 69.2 Å². The zero-order valence-electron chi connectivity index (χ0n) is 24.5. The molecule has 0 saturated heterocycles. The zero-order valence-corrected chi connectivity index (χ0v) is 25.3. The number of hydrogen-bond donors (Lipinski definition) is 2. The van der Waals surface area contributed by atoms with Crippen molar-refractivity contribution in [3.63, 3.8) is 0 Å². The number of pyridine rings is 1. The summed E-state index contributed by atoms with van der Waals surface area (Å²) in [6.45, 7) is 5.25. The monoisotopic (exact) mass is 610 g/mol. The first-order chi connectivity index (χ1) is 20.2. The van der Waals surface area contributed by atoms with Gasteiger partial charge in [0.2, 0.25) is 11.8 Å². The number of aromatic nitrogens is 1. The highest BCUT2D eigenvalue weighted by molar-refractivity contribution is 7.90. The van der Waals surface area contributed by atoms with Crippen molar-refractivity contribution in [3.05, 3.63) is 89.5 Å². The quantitative estimate of drug-likeness (QED) is 0.377. The van der Waals surface area contributed by atoms with Crippen LogP contribution in [-0.2, 0) is 43.5 Å². The molecule has 0 fully saturated rings. The summed E-state index contributed by atoms with van der Waals surface area (Å²) < 4.78 is 43.5. The summed E-state index contributed by atoms with van der Waals surface area (Å²) in [5, 5.41) is 5.43. The number of nitrogens with one attached hydrogen (secondary N) is 2. The number of hydrogen-bond acceptors (Lipinski definition) is 7. The summed E-state index contributed by atoms with van der Waals surface area (Å²) in [5.74, 6) is -1.36. The molecule has 228 valence electrons. The van der Waals surface area contributed by atoms with Gasteiger partial charge in [0.15, 0.2) is 9.84 Å². The molecule has 1 aliphatic rings. The van der Waals surface area contributed by atoms with Gasteiger partial charge < -0.3 is 20.3 Å². The van der Waals surface area contributed by atoms with Crippen LogP contribution in [0.3, 0.4) is 0 Å². The number of carbonyl (C=O) groups is 3. The molecule has 43 heavy (non-hydrogen) atoms. The Labute approximate surface area is 250 Å². The lowest BCUT2D eigenvalue weighted by molar-refractivity contribution is -0.128. The maximum atomic E-state index is 14.4. The average molecular weight is 611 g/mol. The number of halogens is 1. The van der Waals surface area contributed by atoms with Crippen LogP contribution in [-0.4, -0.2) is 55.2 Å². The number of anilines is 1. The third-order valence-electron chi connectivity index (χ3n) is 6.72. The van der Waals surface area contributed by atoms with E-state index in [0.29, 0.717) is 22.5 Å². The molecule has 0 radical (unpaired) electrons. The number of alkyl carbamates (subject to hydrolysis) is 1. The highest BCUT2D eigenvalue weighted by Gasteiger charge is 2.35. The molecule has 10 nitrogen and oxygen atoms in total. The van der Waals surface area contributed by atoms with Crippen LogP contribution in [0.5, 0.6) is 0 Å². The van der Waals surface area contributed by atoms with Gasteiger partial charge in [0.1, 0.15) is 17.5 Å². The first kappa shape index (κ1) is 31.6. The van der Waals surface area contributed by atoms with Crippen LogP contribution >= 0.6 is 0 Å². The minimum Gasteiger partial charge on any atom is -0.444 e. The van der Waals surface area contributed by atoms with Crippen LogP contribution in [0.2, 0.25) is 0 Å². The van der Waals surface area contributed by atoms with E-state index >= 15 is 0 Å². The number of benzene rings is 2. The molecular formula is C31H35FN4O6S. The summed E-state index contributed by atoms with van der Waals surface area (Å²) >= 11 is 0. The lowest BCUT2D eigenvalue weighted by atomic mass is 9.99. The van der Waals surface area contributed by atoms with Crippen molar-refractivity contribution in [2.24, 2.45) is 0 Å². The number of carbonyl (C=O) groups excluding carboxylic acids is 3. The summed E-state index contributed by atoms with van der Waals surface area (Å²) in [4.78, 5) is 45.5. The molecule has 1 unspecified atom stereocenters. The number of sulfone groups is 1. The van der Waals surface area contributed by atoms with Crippen molar-refractivity contribution in [1.82, 2.24) is 15.6 Å². The smallest absolute Gasteiger partial charge is 0.407 e. The van der Waals surface area contributed by atoms with Gasteiger partial charge in [-0.1, -0.05) is 30.3 Å². The fourth-order valence-corrected chi connectivity index (χ4v) is 5.41. The maximum Gasteiger partial charge on any atom is 0.407 e. The predicted octanol–water partition coefficient (Wildman–Crippen LogP) is 3.72. The molecule has 3 aromatic rings. The van der Waals surface area contributed by atoms with Crippen LogP contribution in [0.1, 0.15) is 44.0 Å². The van der Waals surface area contributed by atoms with Crippen molar-refractivity contribution in [1.29, 1.82) is 0 Å². The zero-order chi connectivity index (χ0) is 31.4. The highest BCUT2D eigenvalue weighted by atomic mass is 32.2. The third-order valence-corrected chi connectivity index (χ3v) is 7.85. The van der Waals surface area contributed by atoms with Gasteiger partial charge in [0, 0.05) is 31.3 Å². The number of nitrogens with zero attached hydrogens (tertiary/aromatic N) is 2. The number of fused-ring (bicyclic) bond motifs is 1. The van der Waals surface area contributed by atoms with Gasteiger partial charge in [-0.15, -0.1) is 0 Å². The molecule has 0 saturated carbocycles. The third kappa shape index (κ3) is 8.60. The summed E-state index contributed by atoms with van der Waals surface area (Å²) in [6.07, 6.45) is 1.91. The molecule has 12 heteroatoms. The van der Waals surface area contributed by atoms with E-state index in [1.807, 2.05) is 0 Å². The van der Waals surface area contributed by atoms with Crippen molar-refractivity contribution >= 4 is 33.4 Å². The van der Waals surface area contributed by atoms with Gasteiger partial charge >= 0.3 is 6.09 Å². The minimum absolute atomic E-state index is 0.0257. The molecule has 3 amide bonds. The van der Waals surface area contributed by atoms with E-state index in [4.69, 9.17) is 4.74 Å². The van der Waals surface area contributed by atoms with Crippen molar-refractivity contribution < 1.29 is 31.9 Å². The van der Waals surface area contributed by atoms with Gasteiger partial charge in [-0.3, -0.25) is 14.6 Å². The lowest BCUT2D eigenvalue weighted by Gasteiger charge is -2.34.